The zero-order valence-corrected chi connectivity index (χ0v) is 7.28. The van der Waals surface area contributed by atoms with Gasteiger partial charge in [-0.3, -0.25) is 0 Å². The number of nitrogens with zero attached hydrogens (tertiary/aromatic N) is 1. The monoisotopic (exact) mass is 147 g/mol. The first-order valence-electron chi connectivity index (χ1n) is 3.55. The third-order valence-corrected chi connectivity index (χ3v) is 2.51. The Balaban J connectivity index is 3.82. The van der Waals surface area contributed by atoms with Gasteiger partial charge in [-0.25, -0.2) is 0 Å². The van der Waals surface area contributed by atoms with Gasteiger partial charge in [0.2, 0.25) is 0 Å². The fourth-order valence-electron chi connectivity index (χ4n) is 0.878. The maximum absolute atomic E-state index is 5.67. The van der Waals surface area contributed by atoms with Crippen LogP contribution in [0.25, 0.3) is 0 Å². The summed E-state index contributed by atoms with van der Waals surface area (Å²) in [6.07, 6.45) is 0. The lowest BCUT2D eigenvalue weighted by Gasteiger charge is -2.46. The van der Waals surface area contributed by atoms with E-state index in [1.807, 2.05) is 0 Å². The normalized spacial score (nSPS) is 12.0. The van der Waals surface area contributed by atoms with Crippen LogP contribution in [0, 0.1) is 0 Å². The zero-order valence-electron chi connectivity index (χ0n) is 6.52. The van der Waals surface area contributed by atoms with E-state index in [1.165, 1.54) is 0 Å². The van der Waals surface area contributed by atoms with Crippen LogP contribution in [-0.4, -0.2) is 30.9 Å². The molecule has 3 heteroatoms. The Hall–Kier alpha value is 0.315. The molecule has 0 aromatic carbocycles. The Bertz CT molecular complexity index is 55.9. The van der Waals surface area contributed by atoms with Crippen molar-refractivity contribution in [2.45, 2.75) is 20.8 Å². The summed E-state index contributed by atoms with van der Waals surface area (Å²) in [5.41, 5.74) is 0. The second-order valence-electron chi connectivity index (χ2n) is 2.26. The van der Waals surface area contributed by atoms with Crippen LogP contribution in [0.3, 0.4) is 0 Å². The van der Waals surface area contributed by atoms with Crippen LogP contribution in [0.15, 0.2) is 0 Å². The van der Waals surface area contributed by atoms with Gasteiger partial charge in [-0.1, -0.05) is 0 Å². The number of halogens is 1. The molecule has 0 aromatic rings. The number of hydrogen-bond acceptors (Lipinski definition) is 0. The van der Waals surface area contributed by atoms with Gasteiger partial charge in [0.05, 0.1) is 0 Å². The quantitative estimate of drug-likeness (QED) is 0.530. The van der Waals surface area contributed by atoms with Crippen LogP contribution in [0.4, 0.5) is 0 Å². The highest BCUT2D eigenvalue weighted by Gasteiger charge is 2.06. The van der Waals surface area contributed by atoms with Gasteiger partial charge >= 0.3 is 0 Å². The fourth-order valence-corrected chi connectivity index (χ4v) is 1.29. The zero-order chi connectivity index (χ0) is 7.33. The summed E-state index contributed by atoms with van der Waals surface area (Å²) in [4.78, 5) is 0. The summed E-state index contributed by atoms with van der Waals surface area (Å²) < 4.78 is 0.918. The summed E-state index contributed by atoms with van der Waals surface area (Å²) in [6.45, 7) is 11.5. The van der Waals surface area contributed by atoms with Gasteiger partial charge in [-0.05, 0) is 20.8 Å². The molecule has 9 heavy (non-hydrogen) atoms. The van der Waals surface area contributed by atoms with Gasteiger partial charge in [-0.2, -0.15) is 0 Å². The van der Waals surface area contributed by atoms with Gasteiger partial charge in [0, 0.05) is 19.6 Å². The molecule has 0 atom stereocenters. The molecular formula is C6H15BClN. The lowest BCUT2D eigenvalue weighted by atomic mass is 10.1. The first kappa shape index (κ1) is 9.31. The van der Waals surface area contributed by atoms with Crippen molar-refractivity contribution in [2.75, 3.05) is 19.6 Å². The van der Waals surface area contributed by atoms with E-state index < -0.39 is 0 Å². The van der Waals surface area contributed by atoms with Crippen molar-refractivity contribution in [1.82, 2.24) is 0 Å². The standard InChI is InChI=1S/C6H15BClN/c1-4-9(5-2,6-3)7-8/h4-6H2,1-3H3. The number of rotatable bonds is 4. The van der Waals surface area contributed by atoms with E-state index in [2.05, 4.69) is 20.8 Å². The molecule has 0 amide bonds. The maximum Gasteiger partial charge on any atom is 0.108 e. The van der Waals surface area contributed by atoms with E-state index in [0.717, 1.165) is 24.0 Å². The fraction of sp³-hybridized carbons (Fsp3) is 1.00. The Morgan fingerprint density at radius 1 is 1.11 bits per heavy atom. The molecule has 0 aromatic heterocycles. The van der Waals surface area contributed by atoms with E-state index >= 15 is 0 Å². The molecule has 0 aliphatic rings. The third-order valence-electron chi connectivity index (χ3n) is 2.10. The van der Waals surface area contributed by atoms with Crippen molar-refractivity contribution in [2.24, 2.45) is 0 Å². The van der Waals surface area contributed by atoms with E-state index in [9.17, 15) is 0 Å². The van der Waals surface area contributed by atoms with Gasteiger partial charge in [0.25, 0.3) is 0 Å². The first-order chi connectivity index (χ1) is 4.24. The number of quaternary nitrogens is 1. The molecule has 0 spiro atoms. The summed E-state index contributed by atoms with van der Waals surface area (Å²) >= 11 is 5.67. The molecule has 54 valence electrons. The Labute approximate surface area is 63.8 Å². The van der Waals surface area contributed by atoms with Crippen LogP contribution in [-0.2, 0) is 0 Å². The predicted molar refractivity (Wildman–Crippen MR) is 43.5 cm³/mol. The average Bonchev–Trinajstić information content (AvgIpc) is 1.95. The topological polar surface area (TPSA) is 0 Å². The lowest BCUT2D eigenvalue weighted by Crippen LogP contribution is -2.48. The van der Waals surface area contributed by atoms with E-state index in [4.69, 9.17) is 11.5 Å². The molecule has 2 radical (unpaired) electrons. The van der Waals surface area contributed by atoms with Gasteiger partial charge in [0.15, 0.2) is 0 Å². The largest absolute Gasteiger partial charge is 0.547 e. The highest BCUT2D eigenvalue weighted by Crippen LogP contribution is 2.03. The molecule has 0 rings (SSSR count). The number of hydrogen-bond donors (Lipinski definition) is 0. The van der Waals surface area contributed by atoms with Crippen molar-refractivity contribution in [3.63, 3.8) is 0 Å². The molecule has 0 N–H and O–H groups in total. The van der Waals surface area contributed by atoms with Crippen molar-refractivity contribution in [1.29, 1.82) is 0 Å². The molecule has 0 bridgehead atoms. The van der Waals surface area contributed by atoms with Crippen LogP contribution >= 0.6 is 11.5 Å². The summed E-state index contributed by atoms with van der Waals surface area (Å²) in [6, 6.07) is 0. The minimum atomic E-state index is 0.918. The molecule has 0 saturated heterocycles. The van der Waals surface area contributed by atoms with Crippen LogP contribution in [0.1, 0.15) is 20.8 Å². The molecule has 0 fully saturated rings. The summed E-state index contributed by atoms with van der Waals surface area (Å²) in [5, 5.41) is 0. The SMILES string of the molecule is CC[N+]([B-]Cl)(CC)CC. The Kier molecular flexibility index (Phi) is 4.33. The smallest absolute Gasteiger partial charge is 0.108 e. The second kappa shape index (κ2) is 4.18. The first-order valence-corrected chi connectivity index (χ1v) is 3.98. The van der Waals surface area contributed by atoms with E-state index in [1.54, 1.807) is 6.83 Å². The Morgan fingerprint density at radius 2 is 1.44 bits per heavy atom. The predicted octanol–water partition coefficient (Wildman–Crippen LogP) is 1.64. The Morgan fingerprint density at radius 3 is 1.44 bits per heavy atom. The summed E-state index contributed by atoms with van der Waals surface area (Å²) in [7, 11) is 0. The molecule has 0 unspecified atom stereocenters. The molecular weight excluding hydrogens is 132 g/mol. The third kappa shape index (κ3) is 2.19. The van der Waals surface area contributed by atoms with Crippen LogP contribution in [0.5, 0.6) is 0 Å². The minimum Gasteiger partial charge on any atom is -0.547 e. The van der Waals surface area contributed by atoms with Crippen molar-refractivity contribution < 1.29 is 4.39 Å². The molecule has 0 heterocycles. The van der Waals surface area contributed by atoms with Crippen LogP contribution < -0.4 is 0 Å². The van der Waals surface area contributed by atoms with Gasteiger partial charge in [-0.15, -0.1) is 0 Å². The molecule has 0 aliphatic carbocycles. The lowest BCUT2D eigenvalue weighted by molar-refractivity contribution is -0.813. The van der Waals surface area contributed by atoms with E-state index in [-0.39, 0.29) is 0 Å². The highest BCUT2D eigenvalue weighted by atomic mass is 35.5. The minimum absolute atomic E-state index is 0.918. The van der Waals surface area contributed by atoms with Crippen molar-refractivity contribution >= 4 is 18.3 Å². The summed E-state index contributed by atoms with van der Waals surface area (Å²) in [5.74, 6) is 0. The molecule has 1 nitrogen and oxygen atoms in total. The van der Waals surface area contributed by atoms with Crippen molar-refractivity contribution in [3.05, 3.63) is 0 Å². The maximum atomic E-state index is 5.67. The van der Waals surface area contributed by atoms with Gasteiger partial charge in [0.1, 0.15) is 6.83 Å². The van der Waals surface area contributed by atoms with Crippen molar-refractivity contribution in [3.8, 4) is 0 Å². The molecule has 0 aliphatic heterocycles. The molecule has 0 saturated carbocycles. The highest BCUT2D eigenvalue weighted by molar-refractivity contribution is 6.89. The second-order valence-corrected chi connectivity index (χ2v) is 2.46. The van der Waals surface area contributed by atoms with Gasteiger partial charge < -0.3 is 15.9 Å². The average molecular weight is 147 g/mol. The van der Waals surface area contributed by atoms with Crippen LogP contribution in [0.2, 0.25) is 0 Å². The van der Waals surface area contributed by atoms with E-state index in [0.29, 0.717) is 0 Å².